The Labute approximate surface area is 120 Å². The number of hydrogen-bond acceptors (Lipinski definition) is 3. The van der Waals surface area contributed by atoms with E-state index < -0.39 is 11.3 Å². The molecule has 0 aliphatic rings. The molecule has 1 unspecified atom stereocenters. The molecule has 1 atom stereocenters. The average molecular weight is 334 g/mol. The van der Waals surface area contributed by atoms with E-state index in [4.69, 9.17) is 16.3 Å². The van der Waals surface area contributed by atoms with Crippen LogP contribution in [0.3, 0.4) is 0 Å². The van der Waals surface area contributed by atoms with Crippen molar-refractivity contribution >= 4 is 39.3 Å². The number of carbonyl (C=O) groups is 2. The number of Topliss-reactive ketones (excluding diaryl/α,β-unsaturated/α-hetero) is 1. The maximum Gasteiger partial charge on any atom is 0.338 e. The van der Waals surface area contributed by atoms with Gasteiger partial charge in [-0.05, 0) is 37.6 Å². The van der Waals surface area contributed by atoms with Gasteiger partial charge in [-0.1, -0.05) is 15.9 Å². The average Bonchev–Trinajstić information content (AvgIpc) is 2.37. The summed E-state index contributed by atoms with van der Waals surface area (Å²) in [7, 11) is 0. The number of carbonyl (C=O) groups excluding carboxylic acids is 2. The second-order valence-electron chi connectivity index (χ2n) is 3.75. The Morgan fingerprint density at radius 1 is 1.33 bits per heavy atom. The van der Waals surface area contributed by atoms with E-state index in [1.165, 1.54) is 6.07 Å². The van der Waals surface area contributed by atoms with Crippen LogP contribution in [0.4, 0.5) is 0 Å². The highest BCUT2D eigenvalue weighted by atomic mass is 79.9. The third kappa shape index (κ3) is 3.82. The number of esters is 1. The van der Waals surface area contributed by atoms with Crippen LogP contribution in [0.5, 0.6) is 0 Å². The van der Waals surface area contributed by atoms with Crippen molar-refractivity contribution in [1.82, 2.24) is 0 Å². The zero-order valence-electron chi connectivity index (χ0n) is 10.2. The number of ketones is 1. The molecule has 0 spiro atoms. The predicted molar refractivity (Wildman–Crippen MR) is 74.7 cm³/mol. The van der Waals surface area contributed by atoms with Crippen LogP contribution < -0.4 is 0 Å². The van der Waals surface area contributed by atoms with Crippen molar-refractivity contribution in [2.75, 3.05) is 6.61 Å². The van der Waals surface area contributed by atoms with Crippen LogP contribution in [0.2, 0.25) is 0 Å². The first-order valence-corrected chi connectivity index (χ1v) is 7.10. The minimum atomic E-state index is -0.620. The Hall–Kier alpha value is -0.870. The lowest BCUT2D eigenvalue weighted by Gasteiger charge is -2.08. The van der Waals surface area contributed by atoms with E-state index in [-0.39, 0.29) is 5.78 Å². The van der Waals surface area contributed by atoms with E-state index in [1.54, 1.807) is 26.0 Å². The molecule has 1 aromatic rings. The molecule has 0 fully saturated rings. The topological polar surface area (TPSA) is 43.4 Å². The molecule has 3 nitrogen and oxygen atoms in total. The molecule has 98 valence electrons. The zero-order valence-corrected chi connectivity index (χ0v) is 12.5. The molecule has 0 heterocycles. The van der Waals surface area contributed by atoms with Crippen LogP contribution >= 0.6 is 27.5 Å². The summed E-state index contributed by atoms with van der Waals surface area (Å²) in [6, 6.07) is 4.94. The van der Waals surface area contributed by atoms with Crippen LogP contribution in [-0.2, 0) is 10.1 Å². The summed E-state index contributed by atoms with van der Waals surface area (Å²) < 4.78 is 4.92. The monoisotopic (exact) mass is 332 g/mol. The van der Waals surface area contributed by atoms with Crippen molar-refractivity contribution in [1.29, 1.82) is 0 Å². The second kappa shape index (κ2) is 6.90. The SMILES string of the molecule is CCOC(=O)c1cc(CBr)cc(C(=O)C(C)Cl)c1. The molecule has 0 aromatic heterocycles. The summed E-state index contributed by atoms with van der Waals surface area (Å²) >= 11 is 9.08. The molecule has 0 N–H and O–H groups in total. The van der Waals surface area contributed by atoms with E-state index in [9.17, 15) is 9.59 Å². The predicted octanol–water partition coefficient (Wildman–Crippen LogP) is 3.57. The number of rotatable bonds is 5. The van der Waals surface area contributed by atoms with E-state index >= 15 is 0 Å². The van der Waals surface area contributed by atoms with Gasteiger partial charge < -0.3 is 4.74 Å². The summed E-state index contributed by atoms with van der Waals surface area (Å²) in [5, 5.41) is -0.0670. The van der Waals surface area contributed by atoms with Gasteiger partial charge in [0.25, 0.3) is 0 Å². The third-order valence-electron chi connectivity index (χ3n) is 2.30. The van der Waals surface area contributed by atoms with E-state index in [0.717, 1.165) is 5.56 Å². The lowest BCUT2D eigenvalue weighted by atomic mass is 10.0. The minimum absolute atomic E-state index is 0.204. The number of hydrogen-bond donors (Lipinski definition) is 0. The number of alkyl halides is 2. The normalized spacial score (nSPS) is 12.0. The van der Waals surface area contributed by atoms with Crippen LogP contribution in [-0.4, -0.2) is 23.7 Å². The van der Waals surface area contributed by atoms with Crippen molar-refractivity contribution in [3.8, 4) is 0 Å². The van der Waals surface area contributed by atoms with Crippen molar-refractivity contribution in [3.63, 3.8) is 0 Å². The number of halogens is 2. The number of ether oxygens (including phenoxy) is 1. The van der Waals surface area contributed by atoms with Crippen molar-refractivity contribution in [2.24, 2.45) is 0 Å². The highest BCUT2D eigenvalue weighted by Crippen LogP contribution is 2.17. The van der Waals surface area contributed by atoms with Gasteiger partial charge in [-0.2, -0.15) is 0 Å². The molecule has 0 saturated carbocycles. The third-order valence-corrected chi connectivity index (χ3v) is 3.15. The van der Waals surface area contributed by atoms with Gasteiger partial charge >= 0.3 is 5.97 Å². The quantitative estimate of drug-likeness (QED) is 0.470. The van der Waals surface area contributed by atoms with Gasteiger partial charge in [0.2, 0.25) is 0 Å². The summed E-state index contributed by atoms with van der Waals surface area (Å²) in [5.74, 6) is -0.637. The molecule has 1 rings (SSSR count). The number of benzene rings is 1. The molecule has 0 saturated heterocycles. The zero-order chi connectivity index (χ0) is 13.7. The maximum absolute atomic E-state index is 11.8. The van der Waals surface area contributed by atoms with Gasteiger partial charge in [0.15, 0.2) is 5.78 Å². The lowest BCUT2D eigenvalue weighted by Crippen LogP contribution is -2.13. The Kier molecular flexibility index (Phi) is 5.82. The Morgan fingerprint density at radius 2 is 1.94 bits per heavy atom. The fourth-order valence-electron chi connectivity index (χ4n) is 1.47. The van der Waals surface area contributed by atoms with E-state index in [0.29, 0.717) is 23.1 Å². The molecular formula is C13H14BrClO3. The molecule has 1 aromatic carbocycles. The molecule has 5 heteroatoms. The van der Waals surface area contributed by atoms with Gasteiger partial charge in [-0.15, -0.1) is 11.6 Å². The summed E-state index contributed by atoms with van der Waals surface area (Å²) in [5.41, 5.74) is 1.63. The maximum atomic E-state index is 11.8. The van der Waals surface area contributed by atoms with Crippen molar-refractivity contribution in [3.05, 3.63) is 34.9 Å². The Bertz CT molecular complexity index is 458. The van der Waals surface area contributed by atoms with E-state index in [1.807, 2.05) is 0 Å². The van der Waals surface area contributed by atoms with Crippen LogP contribution in [0.25, 0.3) is 0 Å². The molecular weight excluding hydrogens is 319 g/mol. The van der Waals surface area contributed by atoms with Crippen LogP contribution in [0, 0.1) is 0 Å². The van der Waals surface area contributed by atoms with Crippen molar-refractivity contribution in [2.45, 2.75) is 24.6 Å². The Morgan fingerprint density at radius 3 is 2.44 bits per heavy atom. The van der Waals surface area contributed by atoms with Crippen LogP contribution in [0.1, 0.15) is 40.1 Å². The fourth-order valence-corrected chi connectivity index (χ4v) is 1.92. The second-order valence-corrected chi connectivity index (χ2v) is 4.97. The smallest absolute Gasteiger partial charge is 0.338 e. The van der Waals surface area contributed by atoms with Crippen molar-refractivity contribution < 1.29 is 14.3 Å². The highest BCUT2D eigenvalue weighted by Gasteiger charge is 2.16. The molecule has 0 radical (unpaired) electrons. The summed E-state index contributed by atoms with van der Waals surface area (Å²) in [6.07, 6.45) is 0. The first-order valence-electron chi connectivity index (χ1n) is 5.55. The molecule has 0 amide bonds. The standard InChI is InChI=1S/C13H14BrClO3/c1-3-18-13(17)11-5-9(7-14)4-10(6-11)12(16)8(2)15/h4-6,8H,3,7H2,1-2H3. The minimum Gasteiger partial charge on any atom is -0.462 e. The largest absolute Gasteiger partial charge is 0.462 e. The Balaban J connectivity index is 3.17. The molecule has 0 aliphatic heterocycles. The molecule has 0 aliphatic carbocycles. The summed E-state index contributed by atoms with van der Waals surface area (Å²) in [6.45, 7) is 3.64. The molecule has 0 bridgehead atoms. The van der Waals surface area contributed by atoms with Gasteiger partial charge in [0.1, 0.15) is 0 Å². The van der Waals surface area contributed by atoms with Crippen LogP contribution in [0.15, 0.2) is 18.2 Å². The highest BCUT2D eigenvalue weighted by molar-refractivity contribution is 9.08. The van der Waals surface area contributed by atoms with Gasteiger partial charge in [-0.3, -0.25) is 4.79 Å². The lowest BCUT2D eigenvalue weighted by molar-refractivity contribution is 0.0526. The summed E-state index contributed by atoms with van der Waals surface area (Å²) in [4.78, 5) is 23.5. The fraction of sp³-hybridized carbons (Fsp3) is 0.385. The van der Waals surface area contributed by atoms with E-state index in [2.05, 4.69) is 15.9 Å². The first kappa shape index (κ1) is 15.2. The first-order chi connectivity index (χ1) is 8.49. The van der Waals surface area contributed by atoms with Gasteiger partial charge in [0, 0.05) is 10.9 Å². The van der Waals surface area contributed by atoms with Gasteiger partial charge in [-0.25, -0.2) is 4.79 Å². The van der Waals surface area contributed by atoms with Gasteiger partial charge in [0.05, 0.1) is 17.5 Å². The molecule has 18 heavy (non-hydrogen) atoms.